The van der Waals surface area contributed by atoms with Gasteiger partial charge in [-0.1, -0.05) is 18.9 Å². The number of nitrogens with one attached hydrogen (secondary N) is 2. The van der Waals surface area contributed by atoms with Crippen LogP contribution in [-0.2, 0) is 4.79 Å². The van der Waals surface area contributed by atoms with Crippen molar-refractivity contribution in [3.05, 3.63) is 22.4 Å². The lowest BCUT2D eigenvalue weighted by atomic mass is 9.96. The van der Waals surface area contributed by atoms with Gasteiger partial charge in [0.05, 0.1) is 6.04 Å². The van der Waals surface area contributed by atoms with Crippen LogP contribution in [0.2, 0.25) is 0 Å². The Morgan fingerprint density at radius 2 is 2.28 bits per heavy atom. The maximum Gasteiger partial charge on any atom is 0.221 e. The highest BCUT2D eigenvalue weighted by Gasteiger charge is 2.28. The van der Waals surface area contributed by atoms with Gasteiger partial charge in [-0.25, -0.2) is 0 Å². The Labute approximate surface area is 113 Å². The summed E-state index contributed by atoms with van der Waals surface area (Å²) in [6, 6.07) is 4.45. The maximum atomic E-state index is 11.9. The van der Waals surface area contributed by atoms with E-state index in [0.29, 0.717) is 12.3 Å². The largest absolute Gasteiger partial charge is 0.348 e. The molecular weight excluding hydrogens is 244 g/mol. The summed E-state index contributed by atoms with van der Waals surface area (Å²) in [5, 5.41) is 8.34. The third kappa shape index (κ3) is 3.56. The van der Waals surface area contributed by atoms with E-state index < -0.39 is 0 Å². The van der Waals surface area contributed by atoms with Crippen molar-refractivity contribution in [1.29, 1.82) is 0 Å². The van der Waals surface area contributed by atoms with Crippen molar-refractivity contribution in [2.24, 2.45) is 5.92 Å². The second kappa shape index (κ2) is 6.90. The summed E-state index contributed by atoms with van der Waals surface area (Å²) in [4.78, 5) is 13.2. The highest BCUT2D eigenvalue weighted by Crippen LogP contribution is 2.37. The molecule has 100 valence electrons. The highest BCUT2D eigenvalue weighted by molar-refractivity contribution is 7.10. The van der Waals surface area contributed by atoms with E-state index in [1.165, 1.54) is 30.6 Å². The third-order valence-corrected chi connectivity index (χ3v) is 4.59. The first-order valence-corrected chi connectivity index (χ1v) is 7.66. The van der Waals surface area contributed by atoms with Crippen LogP contribution < -0.4 is 10.6 Å². The van der Waals surface area contributed by atoms with Crippen LogP contribution in [0.25, 0.3) is 0 Å². The van der Waals surface area contributed by atoms with Crippen molar-refractivity contribution < 1.29 is 4.79 Å². The lowest BCUT2D eigenvalue weighted by Gasteiger charge is -2.23. The summed E-state index contributed by atoms with van der Waals surface area (Å²) in [7, 11) is 1.88. The molecule has 0 spiro atoms. The number of rotatable bonds is 6. The van der Waals surface area contributed by atoms with E-state index in [-0.39, 0.29) is 11.9 Å². The first-order chi connectivity index (χ1) is 8.81. The molecule has 1 aliphatic carbocycles. The Balaban J connectivity index is 1.98. The average Bonchev–Trinajstić information content (AvgIpc) is 3.05. The quantitative estimate of drug-likeness (QED) is 0.831. The van der Waals surface area contributed by atoms with Crippen LogP contribution in [0.3, 0.4) is 0 Å². The van der Waals surface area contributed by atoms with E-state index in [1.807, 2.05) is 7.05 Å². The first kappa shape index (κ1) is 13.6. The highest BCUT2D eigenvalue weighted by atomic mass is 32.1. The minimum absolute atomic E-state index is 0.162. The van der Waals surface area contributed by atoms with Crippen molar-refractivity contribution in [2.45, 2.75) is 38.1 Å². The zero-order valence-electron chi connectivity index (χ0n) is 10.9. The minimum Gasteiger partial charge on any atom is -0.348 e. The molecule has 3 nitrogen and oxygen atoms in total. The minimum atomic E-state index is 0.162. The number of amides is 1. The van der Waals surface area contributed by atoms with Gasteiger partial charge in [-0.2, -0.15) is 0 Å². The Bertz CT molecular complexity index is 358. The van der Waals surface area contributed by atoms with Crippen LogP contribution in [0.15, 0.2) is 17.5 Å². The number of thiophene rings is 1. The van der Waals surface area contributed by atoms with E-state index >= 15 is 0 Å². The summed E-state index contributed by atoms with van der Waals surface area (Å²) < 4.78 is 0. The maximum absolute atomic E-state index is 11.9. The van der Waals surface area contributed by atoms with Crippen molar-refractivity contribution in [3.63, 3.8) is 0 Å². The van der Waals surface area contributed by atoms with Crippen LogP contribution in [0.5, 0.6) is 0 Å². The van der Waals surface area contributed by atoms with Gasteiger partial charge in [0, 0.05) is 17.8 Å². The van der Waals surface area contributed by atoms with Gasteiger partial charge < -0.3 is 10.6 Å². The first-order valence-electron chi connectivity index (χ1n) is 6.78. The molecule has 1 aromatic heterocycles. The fraction of sp³-hybridized carbons (Fsp3) is 0.643. The van der Waals surface area contributed by atoms with E-state index in [9.17, 15) is 4.79 Å². The molecule has 1 fully saturated rings. The molecule has 0 radical (unpaired) electrons. The zero-order valence-corrected chi connectivity index (χ0v) is 11.8. The molecule has 2 N–H and O–H groups in total. The summed E-state index contributed by atoms with van der Waals surface area (Å²) in [6.45, 7) is 0.744. The molecule has 1 aromatic rings. The van der Waals surface area contributed by atoms with Crippen molar-refractivity contribution >= 4 is 17.2 Å². The standard InChI is InChI=1S/C14H22N2OS/c1-15-9-8-13(17)16-14(11-5-2-3-6-11)12-7-4-10-18-12/h4,7,10-11,14-15H,2-3,5-6,8-9H2,1H3,(H,16,17). The summed E-state index contributed by atoms with van der Waals surface area (Å²) in [5.74, 6) is 0.789. The van der Waals surface area contributed by atoms with E-state index in [4.69, 9.17) is 0 Å². The monoisotopic (exact) mass is 266 g/mol. The Morgan fingerprint density at radius 3 is 2.89 bits per heavy atom. The smallest absolute Gasteiger partial charge is 0.221 e. The fourth-order valence-electron chi connectivity index (χ4n) is 2.66. The molecule has 0 aromatic carbocycles. The molecule has 1 unspecified atom stereocenters. The summed E-state index contributed by atoms with van der Waals surface area (Å²) in [5.41, 5.74) is 0. The molecule has 0 aliphatic heterocycles. The topological polar surface area (TPSA) is 41.1 Å². The van der Waals surface area contributed by atoms with Crippen LogP contribution in [0.4, 0.5) is 0 Å². The second-order valence-electron chi connectivity index (χ2n) is 4.96. The molecule has 0 bridgehead atoms. The molecule has 2 rings (SSSR count). The van der Waals surface area contributed by atoms with Gasteiger partial charge in [-0.3, -0.25) is 4.79 Å². The van der Waals surface area contributed by atoms with Gasteiger partial charge in [0.2, 0.25) is 5.91 Å². The normalized spacial score (nSPS) is 17.8. The van der Waals surface area contributed by atoms with Crippen LogP contribution in [-0.4, -0.2) is 19.5 Å². The lowest BCUT2D eigenvalue weighted by Crippen LogP contribution is -2.33. The fourth-order valence-corrected chi connectivity index (χ4v) is 3.53. The Hall–Kier alpha value is -0.870. The van der Waals surface area contributed by atoms with Crippen molar-refractivity contribution in [1.82, 2.24) is 10.6 Å². The van der Waals surface area contributed by atoms with Crippen LogP contribution >= 0.6 is 11.3 Å². The summed E-state index contributed by atoms with van der Waals surface area (Å²) >= 11 is 1.75. The molecule has 18 heavy (non-hydrogen) atoms. The van der Waals surface area contributed by atoms with Crippen LogP contribution in [0, 0.1) is 5.92 Å². The second-order valence-corrected chi connectivity index (χ2v) is 5.94. The lowest BCUT2D eigenvalue weighted by molar-refractivity contribution is -0.122. The number of carbonyl (C=O) groups excluding carboxylic acids is 1. The summed E-state index contributed by atoms with van der Waals surface area (Å²) in [6.07, 6.45) is 5.66. The molecule has 1 aliphatic rings. The molecule has 1 heterocycles. The van der Waals surface area contributed by atoms with Gasteiger partial charge in [-0.05, 0) is 37.3 Å². The zero-order chi connectivity index (χ0) is 12.8. The number of carbonyl (C=O) groups is 1. The predicted molar refractivity (Wildman–Crippen MR) is 75.7 cm³/mol. The molecule has 0 saturated heterocycles. The van der Waals surface area contributed by atoms with E-state index in [2.05, 4.69) is 28.1 Å². The van der Waals surface area contributed by atoms with Crippen molar-refractivity contribution in [3.8, 4) is 0 Å². The number of hydrogen-bond donors (Lipinski definition) is 2. The predicted octanol–water partition coefficient (Wildman–Crippen LogP) is 2.71. The Morgan fingerprint density at radius 1 is 1.50 bits per heavy atom. The molecule has 1 atom stereocenters. The van der Waals surface area contributed by atoms with Gasteiger partial charge in [-0.15, -0.1) is 11.3 Å². The molecule has 1 saturated carbocycles. The molecule has 4 heteroatoms. The van der Waals surface area contributed by atoms with Crippen molar-refractivity contribution in [2.75, 3.05) is 13.6 Å². The van der Waals surface area contributed by atoms with E-state index in [1.54, 1.807) is 11.3 Å². The number of hydrogen-bond acceptors (Lipinski definition) is 3. The van der Waals surface area contributed by atoms with Crippen LogP contribution in [0.1, 0.15) is 43.0 Å². The van der Waals surface area contributed by atoms with Gasteiger partial charge in [0.25, 0.3) is 0 Å². The van der Waals surface area contributed by atoms with Gasteiger partial charge in [0.15, 0.2) is 0 Å². The van der Waals surface area contributed by atoms with Gasteiger partial charge in [0.1, 0.15) is 0 Å². The molecular formula is C14H22N2OS. The van der Waals surface area contributed by atoms with E-state index in [0.717, 1.165) is 6.54 Å². The average molecular weight is 266 g/mol. The Kier molecular flexibility index (Phi) is 5.20. The third-order valence-electron chi connectivity index (χ3n) is 3.64. The SMILES string of the molecule is CNCCC(=O)NC(c1cccs1)C1CCCC1. The molecule has 1 amide bonds. The van der Waals surface area contributed by atoms with Gasteiger partial charge >= 0.3 is 0 Å².